The predicted molar refractivity (Wildman–Crippen MR) is 126 cm³/mol. The van der Waals surface area contributed by atoms with Crippen molar-refractivity contribution in [2.75, 3.05) is 15.8 Å². The van der Waals surface area contributed by atoms with Gasteiger partial charge in [-0.05, 0) is 72.8 Å². The molecule has 0 saturated carbocycles. The van der Waals surface area contributed by atoms with Gasteiger partial charge in [0.05, 0.1) is 22.6 Å². The van der Waals surface area contributed by atoms with Crippen molar-refractivity contribution in [3.8, 4) is 23.0 Å². The Morgan fingerprint density at radius 2 is 1.03 bits per heavy atom. The molecule has 0 spiro atoms. The molecule has 0 heterocycles. The first-order chi connectivity index (χ1) is 15.5. The largest absolute Gasteiger partial charge is 0.755 e. The van der Waals surface area contributed by atoms with Crippen LogP contribution in [-0.2, 0) is 11.3 Å². The van der Waals surface area contributed by atoms with Gasteiger partial charge < -0.3 is 25.5 Å². The lowest BCUT2D eigenvalue weighted by Gasteiger charge is -2.26. The van der Waals surface area contributed by atoms with E-state index >= 15 is 0 Å². The fraction of sp³-hybridized carbons (Fsp3) is 0. The summed E-state index contributed by atoms with van der Waals surface area (Å²) >= 11 is -2.53. The first-order valence-corrected chi connectivity index (χ1v) is 10.7. The molecule has 8 heteroatoms. The summed E-state index contributed by atoms with van der Waals surface area (Å²) in [6.07, 6.45) is 0. The number of nitrogen functional groups attached to an aromatic ring is 2. The number of rotatable bonds is 7. The average molecular weight is 447 g/mol. The third-order valence-electron chi connectivity index (χ3n) is 4.48. The molecule has 162 valence electrons. The van der Waals surface area contributed by atoms with E-state index in [0.717, 1.165) is 0 Å². The van der Waals surface area contributed by atoms with E-state index in [9.17, 15) is 8.76 Å². The molecule has 0 fully saturated rings. The molecule has 0 bridgehead atoms. The second-order valence-corrected chi connectivity index (χ2v) is 7.65. The van der Waals surface area contributed by atoms with Gasteiger partial charge in [0, 0.05) is 23.5 Å². The zero-order valence-corrected chi connectivity index (χ0v) is 17.7. The van der Waals surface area contributed by atoms with Gasteiger partial charge in [-0.3, -0.25) is 8.51 Å². The second kappa shape index (κ2) is 9.42. The van der Waals surface area contributed by atoms with E-state index in [1.165, 1.54) is 4.31 Å². The van der Waals surface area contributed by atoms with Crippen LogP contribution < -0.4 is 25.2 Å². The topological polar surface area (TPSA) is 114 Å². The van der Waals surface area contributed by atoms with Gasteiger partial charge in [0.2, 0.25) is 0 Å². The summed E-state index contributed by atoms with van der Waals surface area (Å²) in [6.45, 7) is 0. The van der Waals surface area contributed by atoms with Crippen LogP contribution >= 0.6 is 0 Å². The predicted octanol–water partition coefficient (Wildman–Crippen LogP) is 5.37. The first kappa shape index (κ1) is 21.2. The minimum absolute atomic E-state index is 0.461. The number of benzene rings is 4. The Hall–Kier alpha value is -4.01. The van der Waals surface area contributed by atoms with Gasteiger partial charge in [-0.15, -0.1) is 0 Å². The normalized spacial score (nSPS) is 11.5. The molecule has 1 unspecified atom stereocenters. The Morgan fingerprint density at radius 1 is 0.625 bits per heavy atom. The SMILES string of the molecule is Nc1cccc(Oc2ccc(N(c3ccc(Oc4cccc(N)c4)cc3)S(=O)[O-])cc2)c1. The number of nitrogens with two attached hydrogens (primary N) is 2. The zero-order valence-electron chi connectivity index (χ0n) is 16.9. The summed E-state index contributed by atoms with van der Waals surface area (Å²) in [7, 11) is 0. The maximum Gasteiger partial charge on any atom is 0.129 e. The smallest absolute Gasteiger partial charge is 0.129 e. The minimum Gasteiger partial charge on any atom is -0.755 e. The number of hydrogen-bond acceptors (Lipinski definition) is 6. The number of anilines is 4. The van der Waals surface area contributed by atoms with Crippen molar-refractivity contribution in [2.24, 2.45) is 0 Å². The van der Waals surface area contributed by atoms with Crippen LogP contribution in [0.4, 0.5) is 22.7 Å². The van der Waals surface area contributed by atoms with E-state index in [1.807, 2.05) is 0 Å². The lowest BCUT2D eigenvalue weighted by atomic mass is 10.2. The minimum atomic E-state index is -2.53. The first-order valence-electron chi connectivity index (χ1n) is 9.64. The van der Waals surface area contributed by atoms with E-state index in [-0.39, 0.29) is 0 Å². The molecule has 0 aliphatic rings. The van der Waals surface area contributed by atoms with E-state index in [1.54, 1.807) is 97.1 Å². The molecule has 32 heavy (non-hydrogen) atoms. The molecule has 4 N–H and O–H groups in total. The van der Waals surface area contributed by atoms with Crippen molar-refractivity contribution in [3.63, 3.8) is 0 Å². The lowest BCUT2D eigenvalue weighted by molar-refractivity contribution is 0.483. The van der Waals surface area contributed by atoms with Crippen LogP contribution in [0.2, 0.25) is 0 Å². The summed E-state index contributed by atoms with van der Waals surface area (Å²) in [5.41, 5.74) is 13.6. The van der Waals surface area contributed by atoms with E-state index < -0.39 is 11.3 Å². The van der Waals surface area contributed by atoms with Gasteiger partial charge in [-0.25, -0.2) is 0 Å². The van der Waals surface area contributed by atoms with E-state index in [0.29, 0.717) is 45.7 Å². The van der Waals surface area contributed by atoms with Crippen molar-refractivity contribution in [1.29, 1.82) is 0 Å². The molecule has 4 aromatic carbocycles. The molecule has 0 saturated heterocycles. The molecule has 4 rings (SSSR count). The summed E-state index contributed by atoms with van der Waals surface area (Å²) in [6, 6.07) is 27.5. The Kier molecular flexibility index (Phi) is 6.25. The summed E-state index contributed by atoms with van der Waals surface area (Å²) in [4.78, 5) is 0. The lowest BCUT2D eigenvalue weighted by Crippen LogP contribution is -2.19. The van der Waals surface area contributed by atoms with Gasteiger partial charge in [0.25, 0.3) is 0 Å². The fourth-order valence-electron chi connectivity index (χ4n) is 3.05. The van der Waals surface area contributed by atoms with Crippen molar-refractivity contribution in [3.05, 3.63) is 97.1 Å². The van der Waals surface area contributed by atoms with Gasteiger partial charge in [-0.1, -0.05) is 12.1 Å². The highest BCUT2D eigenvalue weighted by Crippen LogP contribution is 2.32. The third kappa shape index (κ3) is 5.18. The van der Waals surface area contributed by atoms with Crippen molar-refractivity contribution in [2.45, 2.75) is 0 Å². The van der Waals surface area contributed by atoms with Crippen molar-refractivity contribution < 1.29 is 18.2 Å². The number of hydrogen-bond donors (Lipinski definition) is 2. The van der Waals surface area contributed by atoms with Crippen LogP contribution in [0.15, 0.2) is 97.1 Å². The Bertz CT molecular complexity index is 1140. The summed E-state index contributed by atoms with van der Waals surface area (Å²) in [5, 5.41) is 0. The van der Waals surface area contributed by atoms with Gasteiger partial charge in [-0.2, -0.15) is 0 Å². The average Bonchev–Trinajstić information content (AvgIpc) is 2.76. The molecule has 0 aliphatic heterocycles. The highest BCUT2D eigenvalue weighted by molar-refractivity contribution is 7.81. The Balaban J connectivity index is 1.51. The fourth-order valence-corrected chi connectivity index (χ4v) is 3.64. The summed E-state index contributed by atoms with van der Waals surface area (Å²) in [5.74, 6) is 2.30. The molecular weight excluding hydrogens is 426 g/mol. The van der Waals surface area contributed by atoms with Gasteiger partial charge in [0.15, 0.2) is 0 Å². The van der Waals surface area contributed by atoms with E-state index in [2.05, 4.69) is 0 Å². The molecule has 0 aromatic heterocycles. The Morgan fingerprint density at radius 3 is 1.38 bits per heavy atom. The van der Waals surface area contributed by atoms with Crippen LogP contribution in [0.3, 0.4) is 0 Å². The van der Waals surface area contributed by atoms with Crippen LogP contribution in [0.5, 0.6) is 23.0 Å². The maximum absolute atomic E-state index is 12.0. The highest BCUT2D eigenvalue weighted by atomic mass is 32.2. The molecule has 4 aromatic rings. The second-order valence-electron chi connectivity index (χ2n) is 6.85. The Labute approximate surface area is 188 Å². The monoisotopic (exact) mass is 446 g/mol. The maximum atomic E-state index is 12.0. The zero-order chi connectivity index (χ0) is 22.5. The molecule has 1 atom stereocenters. The quantitative estimate of drug-likeness (QED) is 0.291. The number of ether oxygens (including phenoxy) is 2. The van der Waals surface area contributed by atoms with E-state index in [4.69, 9.17) is 20.9 Å². The molecule has 0 amide bonds. The standard InChI is InChI=1S/C24H21N3O4S/c25-17-3-1-5-23(15-17)30-21-11-7-19(8-12-21)27(32(28)29)20-9-13-22(14-10-20)31-24-6-2-4-18(26)16-24/h1-16H,25-26H2,(H,28,29)/p-1. The van der Waals surface area contributed by atoms with Crippen LogP contribution in [0.1, 0.15) is 0 Å². The molecule has 0 radical (unpaired) electrons. The molecule has 0 aliphatic carbocycles. The van der Waals surface area contributed by atoms with Crippen molar-refractivity contribution >= 4 is 34.0 Å². The van der Waals surface area contributed by atoms with Gasteiger partial charge in [0.1, 0.15) is 23.0 Å². The molecule has 7 nitrogen and oxygen atoms in total. The van der Waals surface area contributed by atoms with Gasteiger partial charge >= 0.3 is 0 Å². The third-order valence-corrected chi connectivity index (χ3v) is 5.20. The van der Waals surface area contributed by atoms with Crippen LogP contribution in [0, 0.1) is 0 Å². The number of nitrogens with zero attached hydrogens (tertiary/aromatic N) is 1. The van der Waals surface area contributed by atoms with Crippen molar-refractivity contribution in [1.82, 2.24) is 0 Å². The highest BCUT2D eigenvalue weighted by Gasteiger charge is 2.11. The molecular formula is C24H20N3O4S-. The summed E-state index contributed by atoms with van der Waals surface area (Å²) < 4.78 is 36.6. The van der Waals surface area contributed by atoms with Crippen LogP contribution in [0.25, 0.3) is 0 Å². The van der Waals surface area contributed by atoms with Crippen LogP contribution in [-0.4, -0.2) is 8.76 Å².